The van der Waals surface area contributed by atoms with Gasteiger partial charge in [0.25, 0.3) is 0 Å². The number of thioether (sulfide) groups is 1. The third-order valence-corrected chi connectivity index (χ3v) is 7.17. The molecule has 0 aromatic carbocycles. The van der Waals surface area contributed by atoms with Crippen molar-refractivity contribution in [1.82, 2.24) is 0 Å². The van der Waals surface area contributed by atoms with Crippen molar-refractivity contribution < 1.29 is 9.84 Å². The minimum Gasteiger partial charge on any atom is -0.389 e. The highest BCUT2D eigenvalue weighted by Gasteiger charge is 2.49. The molecule has 3 fully saturated rings. The molecular weight excluding hydrogens is 268 g/mol. The summed E-state index contributed by atoms with van der Waals surface area (Å²) in [5.41, 5.74) is -0.284. The average Bonchev–Trinajstić information content (AvgIpc) is 2.48. The normalized spacial score (nSPS) is 41.7. The molecular formula is C17H30O2S. The Labute approximate surface area is 128 Å². The first-order valence-corrected chi connectivity index (χ1v) is 9.78. The first-order valence-electron chi connectivity index (χ1n) is 8.63. The molecule has 20 heavy (non-hydrogen) atoms. The van der Waals surface area contributed by atoms with Gasteiger partial charge >= 0.3 is 0 Å². The molecule has 0 amide bonds. The zero-order chi connectivity index (χ0) is 14.1. The van der Waals surface area contributed by atoms with E-state index in [9.17, 15) is 5.11 Å². The van der Waals surface area contributed by atoms with Crippen LogP contribution < -0.4 is 0 Å². The summed E-state index contributed by atoms with van der Waals surface area (Å²) in [7, 11) is 0. The minimum atomic E-state index is -0.394. The molecule has 2 nitrogen and oxygen atoms in total. The lowest BCUT2D eigenvalue weighted by Gasteiger charge is -2.52. The van der Waals surface area contributed by atoms with E-state index in [1.54, 1.807) is 0 Å². The summed E-state index contributed by atoms with van der Waals surface area (Å²) >= 11 is 2.06. The second kappa shape index (κ2) is 6.18. The molecule has 3 heteroatoms. The molecule has 0 aromatic rings. The van der Waals surface area contributed by atoms with Crippen LogP contribution in [0, 0.1) is 11.8 Å². The highest BCUT2D eigenvalue weighted by Crippen LogP contribution is 2.49. The zero-order valence-corrected chi connectivity index (χ0v) is 13.7. The highest BCUT2D eigenvalue weighted by molar-refractivity contribution is 7.99. The lowest BCUT2D eigenvalue weighted by molar-refractivity contribution is -0.172. The largest absolute Gasteiger partial charge is 0.389 e. The Hall–Kier alpha value is 0.270. The van der Waals surface area contributed by atoms with Crippen LogP contribution in [0.25, 0.3) is 0 Å². The monoisotopic (exact) mass is 298 g/mol. The Balaban J connectivity index is 1.74. The maximum absolute atomic E-state index is 11.4. The van der Waals surface area contributed by atoms with Crippen molar-refractivity contribution in [2.24, 2.45) is 11.8 Å². The number of aliphatic hydroxyl groups is 1. The van der Waals surface area contributed by atoms with E-state index in [4.69, 9.17) is 4.74 Å². The molecule has 1 aliphatic carbocycles. The maximum atomic E-state index is 11.4. The van der Waals surface area contributed by atoms with Gasteiger partial charge in [0.1, 0.15) is 0 Å². The van der Waals surface area contributed by atoms with E-state index in [-0.39, 0.29) is 5.60 Å². The van der Waals surface area contributed by atoms with E-state index < -0.39 is 5.60 Å². The molecule has 2 saturated heterocycles. The van der Waals surface area contributed by atoms with Crippen molar-refractivity contribution in [2.75, 3.05) is 18.1 Å². The van der Waals surface area contributed by atoms with Crippen molar-refractivity contribution in [3.8, 4) is 0 Å². The quantitative estimate of drug-likeness (QED) is 0.835. The molecule has 0 bridgehead atoms. The van der Waals surface area contributed by atoms with Crippen molar-refractivity contribution >= 4 is 11.8 Å². The SMILES string of the molecule is CCC1CCCCC1(O)C1CCOC2(CCSCC2)C1. The Morgan fingerprint density at radius 1 is 1.15 bits per heavy atom. The van der Waals surface area contributed by atoms with E-state index in [1.165, 1.54) is 43.6 Å². The van der Waals surface area contributed by atoms with Gasteiger partial charge in [-0.3, -0.25) is 0 Å². The molecule has 3 unspecified atom stereocenters. The standard InChI is InChI=1S/C17H30O2S/c1-2-14-5-3-4-7-17(14,18)15-6-10-19-16(13-15)8-11-20-12-9-16/h14-15,18H,2-13H2,1H3. The predicted molar refractivity (Wildman–Crippen MR) is 85.2 cm³/mol. The van der Waals surface area contributed by atoms with Crippen LogP contribution in [0.3, 0.4) is 0 Å². The summed E-state index contributed by atoms with van der Waals surface area (Å²) in [6, 6.07) is 0. The van der Waals surface area contributed by atoms with Crippen molar-refractivity contribution in [2.45, 2.75) is 75.9 Å². The smallest absolute Gasteiger partial charge is 0.0705 e. The van der Waals surface area contributed by atoms with Gasteiger partial charge in [-0.05, 0) is 61.9 Å². The van der Waals surface area contributed by atoms with Crippen LogP contribution in [0.1, 0.15) is 64.7 Å². The van der Waals surface area contributed by atoms with Crippen molar-refractivity contribution in [1.29, 1.82) is 0 Å². The van der Waals surface area contributed by atoms with E-state index in [1.807, 2.05) is 0 Å². The van der Waals surface area contributed by atoms with Gasteiger partial charge in [0.15, 0.2) is 0 Å². The lowest BCUT2D eigenvalue weighted by Crippen LogP contribution is -2.54. The van der Waals surface area contributed by atoms with E-state index in [2.05, 4.69) is 18.7 Å². The number of hydrogen-bond acceptors (Lipinski definition) is 3. The summed E-state index contributed by atoms with van der Waals surface area (Å²) in [6.07, 6.45) is 10.5. The Morgan fingerprint density at radius 3 is 2.70 bits per heavy atom. The average molecular weight is 298 g/mol. The number of rotatable bonds is 2. The summed E-state index contributed by atoms with van der Waals surface area (Å²) in [6.45, 7) is 3.13. The molecule has 0 radical (unpaired) electrons. The highest BCUT2D eigenvalue weighted by atomic mass is 32.2. The molecule has 2 aliphatic heterocycles. The molecule has 1 N–H and O–H groups in total. The summed E-state index contributed by atoms with van der Waals surface area (Å²) in [5, 5.41) is 11.4. The van der Waals surface area contributed by atoms with Crippen LogP contribution >= 0.6 is 11.8 Å². The van der Waals surface area contributed by atoms with Gasteiger partial charge in [0.05, 0.1) is 11.2 Å². The molecule has 0 aromatic heterocycles. The third-order valence-electron chi connectivity index (χ3n) is 6.18. The molecule has 3 aliphatic rings. The van der Waals surface area contributed by atoms with Gasteiger partial charge in [0, 0.05) is 6.61 Å². The molecule has 3 atom stereocenters. The molecule has 3 rings (SSSR count). The summed E-state index contributed by atoms with van der Waals surface area (Å²) in [4.78, 5) is 0. The van der Waals surface area contributed by atoms with Crippen molar-refractivity contribution in [3.05, 3.63) is 0 Å². The second-order valence-corrected chi connectivity index (χ2v) is 8.40. The predicted octanol–water partition coefficient (Wildman–Crippen LogP) is 4.01. The fourth-order valence-electron chi connectivity index (χ4n) is 4.89. The minimum absolute atomic E-state index is 0.111. The summed E-state index contributed by atoms with van der Waals surface area (Å²) in [5.74, 6) is 3.48. The Morgan fingerprint density at radius 2 is 1.95 bits per heavy atom. The van der Waals surface area contributed by atoms with Crippen LogP contribution in [-0.4, -0.2) is 34.4 Å². The van der Waals surface area contributed by atoms with Crippen LogP contribution in [0.15, 0.2) is 0 Å². The number of ether oxygens (including phenoxy) is 1. The fourth-order valence-corrected chi connectivity index (χ4v) is 6.13. The third kappa shape index (κ3) is 2.78. The number of hydrogen-bond donors (Lipinski definition) is 1. The topological polar surface area (TPSA) is 29.5 Å². The fraction of sp³-hybridized carbons (Fsp3) is 1.00. The van der Waals surface area contributed by atoms with Crippen LogP contribution in [0.5, 0.6) is 0 Å². The zero-order valence-electron chi connectivity index (χ0n) is 12.9. The summed E-state index contributed by atoms with van der Waals surface area (Å²) < 4.78 is 6.22. The molecule has 2 heterocycles. The van der Waals surface area contributed by atoms with E-state index in [0.29, 0.717) is 11.8 Å². The molecule has 116 valence electrons. The van der Waals surface area contributed by atoms with Gasteiger partial charge in [-0.25, -0.2) is 0 Å². The lowest BCUT2D eigenvalue weighted by atomic mass is 9.63. The Bertz CT molecular complexity index is 321. The van der Waals surface area contributed by atoms with E-state index >= 15 is 0 Å². The van der Waals surface area contributed by atoms with Gasteiger partial charge in [-0.1, -0.05) is 26.2 Å². The van der Waals surface area contributed by atoms with Gasteiger partial charge in [-0.15, -0.1) is 0 Å². The van der Waals surface area contributed by atoms with Crippen LogP contribution in [0.4, 0.5) is 0 Å². The van der Waals surface area contributed by atoms with Gasteiger partial charge < -0.3 is 9.84 Å². The maximum Gasteiger partial charge on any atom is 0.0705 e. The van der Waals surface area contributed by atoms with E-state index in [0.717, 1.165) is 32.3 Å². The second-order valence-electron chi connectivity index (χ2n) is 7.18. The Kier molecular flexibility index (Phi) is 4.69. The van der Waals surface area contributed by atoms with Crippen LogP contribution in [-0.2, 0) is 4.74 Å². The van der Waals surface area contributed by atoms with Crippen LogP contribution in [0.2, 0.25) is 0 Å². The molecule has 1 saturated carbocycles. The van der Waals surface area contributed by atoms with Gasteiger partial charge in [0.2, 0.25) is 0 Å². The van der Waals surface area contributed by atoms with Gasteiger partial charge in [-0.2, -0.15) is 11.8 Å². The van der Waals surface area contributed by atoms with Crippen molar-refractivity contribution in [3.63, 3.8) is 0 Å². The molecule has 1 spiro atoms. The first-order chi connectivity index (χ1) is 9.69. The first kappa shape index (κ1) is 15.2.